The van der Waals surface area contributed by atoms with Crippen LogP contribution in [0.2, 0.25) is 0 Å². The highest BCUT2D eigenvalue weighted by atomic mass is 16.5. The van der Waals surface area contributed by atoms with E-state index in [0.717, 1.165) is 16.7 Å². The second kappa shape index (κ2) is 10.6. The first-order chi connectivity index (χ1) is 15.4. The number of carbonyl (C=O) groups excluding carboxylic acids is 4. The highest BCUT2D eigenvalue weighted by Crippen LogP contribution is 2.10. The molecule has 1 saturated heterocycles. The topological polar surface area (TPSA) is 114 Å². The van der Waals surface area contributed by atoms with Crippen LogP contribution < -0.4 is 16.0 Å². The summed E-state index contributed by atoms with van der Waals surface area (Å²) in [5, 5.41) is 7.92. The van der Waals surface area contributed by atoms with Gasteiger partial charge in [-0.1, -0.05) is 60.2 Å². The van der Waals surface area contributed by atoms with Crippen LogP contribution in [0.15, 0.2) is 54.6 Å². The van der Waals surface area contributed by atoms with Gasteiger partial charge in [0.05, 0.1) is 13.5 Å². The van der Waals surface area contributed by atoms with Crippen molar-refractivity contribution in [3.63, 3.8) is 0 Å². The van der Waals surface area contributed by atoms with E-state index in [0.29, 0.717) is 6.42 Å². The van der Waals surface area contributed by atoms with Crippen LogP contribution in [0.4, 0.5) is 0 Å². The van der Waals surface area contributed by atoms with Gasteiger partial charge in [0.25, 0.3) is 0 Å². The Morgan fingerprint density at radius 3 is 2.31 bits per heavy atom. The van der Waals surface area contributed by atoms with E-state index in [2.05, 4.69) is 16.0 Å². The summed E-state index contributed by atoms with van der Waals surface area (Å²) in [5.74, 6) is -1.90. The van der Waals surface area contributed by atoms with Gasteiger partial charge in [-0.05, 0) is 18.1 Å². The SMILES string of the molecule is COC(=O)[C@H](Cc1cccc(C)c1)NC(=O)C[C@@H]1NC(=O)[C@H](Cc2ccccc2)NC1=O. The Bertz CT molecular complexity index is 992. The van der Waals surface area contributed by atoms with Crippen LogP contribution in [0.25, 0.3) is 0 Å². The van der Waals surface area contributed by atoms with E-state index < -0.39 is 35.9 Å². The fourth-order valence-electron chi connectivity index (χ4n) is 3.66. The zero-order valence-corrected chi connectivity index (χ0v) is 18.1. The molecule has 2 aromatic carbocycles. The van der Waals surface area contributed by atoms with Crippen molar-refractivity contribution in [1.82, 2.24) is 16.0 Å². The minimum absolute atomic E-state index is 0.252. The third kappa shape index (κ3) is 6.16. The molecule has 0 spiro atoms. The van der Waals surface area contributed by atoms with Crippen LogP contribution in [0.5, 0.6) is 0 Å². The van der Waals surface area contributed by atoms with E-state index in [4.69, 9.17) is 4.74 Å². The molecule has 3 N–H and O–H groups in total. The molecule has 1 aliphatic heterocycles. The van der Waals surface area contributed by atoms with Gasteiger partial charge < -0.3 is 20.7 Å². The minimum atomic E-state index is -1.01. The zero-order chi connectivity index (χ0) is 23.1. The molecule has 0 bridgehead atoms. The second-order valence-corrected chi connectivity index (χ2v) is 7.85. The zero-order valence-electron chi connectivity index (χ0n) is 18.1. The number of hydrogen-bond acceptors (Lipinski definition) is 5. The number of aryl methyl sites for hydroxylation is 1. The predicted molar refractivity (Wildman–Crippen MR) is 117 cm³/mol. The van der Waals surface area contributed by atoms with Gasteiger partial charge in [0.15, 0.2) is 0 Å². The summed E-state index contributed by atoms with van der Waals surface area (Å²) in [6.07, 6.45) is 0.331. The molecule has 1 aliphatic rings. The lowest BCUT2D eigenvalue weighted by Crippen LogP contribution is -2.63. The summed E-state index contributed by atoms with van der Waals surface area (Å²) in [7, 11) is 1.25. The summed E-state index contributed by atoms with van der Waals surface area (Å²) in [5.41, 5.74) is 2.82. The van der Waals surface area contributed by atoms with Gasteiger partial charge in [-0.2, -0.15) is 0 Å². The van der Waals surface area contributed by atoms with E-state index in [9.17, 15) is 19.2 Å². The fraction of sp³-hybridized carbons (Fsp3) is 0.333. The Hall–Kier alpha value is -3.68. The number of benzene rings is 2. The number of amides is 3. The summed E-state index contributed by atoms with van der Waals surface area (Å²) in [6.45, 7) is 1.94. The van der Waals surface area contributed by atoms with Crippen LogP contribution >= 0.6 is 0 Å². The Morgan fingerprint density at radius 1 is 0.969 bits per heavy atom. The Morgan fingerprint density at radius 2 is 1.62 bits per heavy atom. The standard InChI is InChI=1S/C24H27N3O5/c1-15-7-6-10-17(11-15)13-20(24(31)32-2)25-21(28)14-19-23(30)26-18(22(29)27-19)12-16-8-4-3-5-9-16/h3-11,18-20H,12-14H2,1-2H3,(H,25,28)(H,26,30)(H,27,29)/t18-,19-,20-/m0/s1. The van der Waals surface area contributed by atoms with Gasteiger partial charge in [-0.25, -0.2) is 4.79 Å². The maximum atomic E-state index is 12.6. The van der Waals surface area contributed by atoms with E-state index in [1.807, 2.05) is 61.5 Å². The summed E-state index contributed by atoms with van der Waals surface area (Å²) < 4.78 is 4.81. The number of carbonyl (C=O) groups is 4. The molecule has 3 atom stereocenters. The van der Waals surface area contributed by atoms with Crippen molar-refractivity contribution in [3.8, 4) is 0 Å². The van der Waals surface area contributed by atoms with Crippen molar-refractivity contribution in [2.45, 2.75) is 44.3 Å². The summed E-state index contributed by atoms with van der Waals surface area (Å²) in [4.78, 5) is 49.7. The molecular weight excluding hydrogens is 410 g/mol. The smallest absolute Gasteiger partial charge is 0.328 e. The van der Waals surface area contributed by atoms with Crippen LogP contribution in [0.3, 0.4) is 0 Å². The second-order valence-electron chi connectivity index (χ2n) is 7.85. The van der Waals surface area contributed by atoms with Crippen molar-refractivity contribution < 1.29 is 23.9 Å². The first kappa shape index (κ1) is 23.0. The van der Waals surface area contributed by atoms with Crippen molar-refractivity contribution in [2.75, 3.05) is 7.11 Å². The van der Waals surface area contributed by atoms with Crippen molar-refractivity contribution >= 4 is 23.7 Å². The maximum absolute atomic E-state index is 12.6. The minimum Gasteiger partial charge on any atom is -0.467 e. The number of nitrogens with one attached hydrogen (secondary N) is 3. The van der Waals surface area contributed by atoms with E-state index >= 15 is 0 Å². The Labute approximate surface area is 186 Å². The molecule has 3 rings (SSSR count). The third-order valence-electron chi connectivity index (χ3n) is 5.28. The lowest BCUT2D eigenvalue weighted by Gasteiger charge is -2.29. The quantitative estimate of drug-likeness (QED) is 0.529. The Kier molecular flexibility index (Phi) is 7.59. The molecule has 0 radical (unpaired) electrons. The normalized spacial score (nSPS) is 18.8. The number of esters is 1. The summed E-state index contributed by atoms with van der Waals surface area (Å²) in [6, 6.07) is 14.3. The molecule has 0 saturated carbocycles. The van der Waals surface area contributed by atoms with Crippen molar-refractivity contribution in [2.24, 2.45) is 0 Å². The van der Waals surface area contributed by atoms with Gasteiger partial charge >= 0.3 is 5.97 Å². The van der Waals surface area contributed by atoms with Gasteiger partial charge in [0, 0.05) is 12.8 Å². The molecule has 168 valence electrons. The van der Waals surface area contributed by atoms with Gasteiger partial charge in [-0.3, -0.25) is 14.4 Å². The molecule has 0 aromatic heterocycles. The number of piperazine rings is 1. The molecule has 3 amide bonds. The van der Waals surface area contributed by atoms with Crippen LogP contribution in [0.1, 0.15) is 23.1 Å². The molecule has 8 heteroatoms. The maximum Gasteiger partial charge on any atom is 0.328 e. The molecule has 0 aliphatic carbocycles. The fourth-order valence-corrected chi connectivity index (χ4v) is 3.66. The summed E-state index contributed by atoms with van der Waals surface area (Å²) >= 11 is 0. The molecule has 1 fully saturated rings. The van der Waals surface area contributed by atoms with Crippen LogP contribution in [-0.2, 0) is 36.8 Å². The first-order valence-corrected chi connectivity index (χ1v) is 10.4. The molecular formula is C24H27N3O5. The molecule has 32 heavy (non-hydrogen) atoms. The average molecular weight is 437 g/mol. The largest absolute Gasteiger partial charge is 0.467 e. The Balaban J connectivity index is 1.58. The van der Waals surface area contributed by atoms with E-state index in [-0.39, 0.29) is 18.7 Å². The highest BCUT2D eigenvalue weighted by molar-refractivity contribution is 5.99. The molecule has 0 unspecified atom stereocenters. The highest BCUT2D eigenvalue weighted by Gasteiger charge is 2.35. The first-order valence-electron chi connectivity index (χ1n) is 10.4. The predicted octanol–water partition coefficient (Wildman–Crippen LogP) is 0.811. The monoisotopic (exact) mass is 437 g/mol. The van der Waals surface area contributed by atoms with Gasteiger partial charge in [0.2, 0.25) is 17.7 Å². The van der Waals surface area contributed by atoms with E-state index in [1.165, 1.54) is 7.11 Å². The molecule has 2 aromatic rings. The van der Waals surface area contributed by atoms with Gasteiger partial charge in [-0.15, -0.1) is 0 Å². The lowest BCUT2D eigenvalue weighted by atomic mass is 10.0. The van der Waals surface area contributed by atoms with E-state index in [1.54, 1.807) is 0 Å². The van der Waals surface area contributed by atoms with Crippen LogP contribution in [-0.4, -0.2) is 48.9 Å². The molecule has 8 nitrogen and oxygen atoms in total. The molecule has 1 heterocycles. The van der Waals surface area contributed by atoms with Crippen molar-refractivity contribution in [3.05, 3.63) is 71.3 Å². The van der Waals surface area contributed by atoms with Crippen molar-refractivity contribution in [1.29, 1.82) is 0 Å². The average Bonchev–Trinajstić information content (AvgIpc) is 2.77. The number of methoxy groups -OCH3 is 1. The van der Waals surface area contributed by atoms with Crippen LogP contribution in [0, 0.1) is 6.92 Å². The third-order valence-corrected chi connectivity index (χ3v) is 5.28. The lowest BCUT2D eigenvalue weighted by molar-refractivity contribution is -0.145. The number of rotatable bonds is 8. The number of hydrogen-bond donors (Lipinski definition) is 3. The number of ether oxygens (including phenoxy) is 1. The van der Waals surface area contributed by atoms with Gasteiger partial charge in [0.1, 0.15) is 18.1 Å².